The second-order valence-corrected chi connectivity index (χ2v) is 6.54. The third-order valence-electron chi connectivity index (χ3n) is 3.96. The van der Waals surface area contributed by atoms with E-state index in [9.17, 15) is 0 Å². The van der Waals surface area contributed by atoms with Crippen LogP contribution in [-0.2, 0) is 5.41 Å². The number of nitrogen functional groups attached to an aromatic ring is 1. The van der Waals surface area contributed by atoms with Crippen molar-refractivity contribution in [2.75, 3.05) is 5.43 Å². The molecular weight excluding hydrogens is 246 g/mol. The van der Waals surface area contributed by atoms with Crippen LogP contribution >= 0.6 is 0 Å². The molecule has 1 aromatic carbocycles. The van der Waals surface area contributed by atoms with Gasteiger partial charge in [-0.25, -0.2) is 10.8 Å². The molecule has 0 spiro atoms. The molecule has 0 radical (unpaired) electrons. The summed E-state index contributed by atoms with van der Waals surface area (Å²) in [5.41, 5.74) is 6.24. The standard InChI is InChI=1S/C17H25N3/c1-6-11(2)12-7-8-15-13(9-12)10-14(17(3,4)5)16(19-15)20-18/h7-11H,6,18H2,1-5H3,(H,19,20). The van der Waals surface area contributed by atoms with Crippen LogP contribution in [-0.4, -0.2) is 4.98 Å². The predicted octanol–water partition coefficient (Wildman–Crippen LogP) is 4.33. The topological polar surface area (TPSA) is 50.9 Å². The number of benzene rings is 1. The van der Waals surface area contributed by atoms with Crippen LogP contribution in [0.4, 0.5) is 5.82 Å². The molecule has 2 aromatic rings. The largest absolute Gasteiger partial charge is 0.308 e. The van der Waals surface area contributed by atoms with Gasteiger partial charge in [-0.3, -0.25) is 0 Å². The van der Waals surface area contributed by atoms with Crippen molar-refractivity contribution < 1.29 is 0 Å². The van der Waals surface area contributed by atoms with Gasteiger partial charge in [0.15, 0.2) is 0 Å². The van der Waals surface area contributed by atoms with E-state index in [1.54, 1.807) is 0 Å². The lowest BCUT2D eigenvalue weighted by Gasteiger charge is -2.22. The summed E-state index contributed by atoms with van der Waals surface area (Å²) in [6.07, 6.45) is 1.15. The molecule has 0 aliphatic carbocycles. The fourth-order valence-electron chi connectivity index (χ4n) is 2.42. The van der Waals surface area contributed by atoms with Gasteiger partial charge in [-0.1, -0.05) is 40.7 Å². The van der Waals surface area contributed by atoms with Crippen LogP contribution in [0.15, 0.2) is 24.3 Å². The van der Waals surface area contributed by atoms with Crippen LogP contribution < -0.4 is 11.3 Å². The number of rotatable bonds is 3. The van der Waals surface area contributed by atoms with Crippen molar-refractivity contribution in [2.45, 2.75) is 52.4 Å². The average Bonchev–Trinajstić information content (AvgIpc) is 2.43. The van der Waals surface area contributed by atoms with E-state index in [0.29, 0.717) is 5.92 Å². The Balaban J connectivity index is 2.64. The second-order valence-electron chi connectivity index (χ2n) is 6.54. The highest BCUT2D eigenvalue weighted by Crippen LogP contribution is 2.32. The first-order valence-electron chi connectivity index (χ1n) is 7.28. The smallest absolute Gasteiger partial charge is 0.144 e. The SMILES string of the molecule is CCC(C)c1ccc2nc(NN)c(C(C)(C)C)cc2c1. The van der Waals surface area contributed by atoms with Crippen molar-refractivity contribution in [3.05, 3.63) is 35.4 Å². The number of hydrogen-bond donors (Lipinski definition) is 2. The molecule has 0 saturated carbocycles. The van der Waals surface area contributed by atoms with Crippen molar-refractivity contribution in [2.24, 2.45) is 5.84 Å². The molecular formula is C17H25N3. The lowest BCUT2D eigenvalue weighted by atomic mass is 9.86. The van der Waals surface area contributed by atoms with E-state index in [4.69, 9.17) is 5.84 Å². The highest BCUT2D eigenvalue weighted by atomic mass is 15.2. The van der Waals surface area contributed by atoms with Gasteiger partial charge in [0.25, 0.3) is 0 Å². The summed E-state index contributed by atoms with van der Waals surface area (Å²) in [4.78, 5) is 4.65. The zero-order valence-corrected chi connectivity index (χ0v) is 13.1. The van der Waals surface area contributed by atoms with E-state index in [1.165, 1.54) is 10.9 Å². The van der Waals surface area contributed by atoms with Gasteiger partial charge < -0.3 is 5.43 Å². The van der Waals surface area contributed by atoms with E-state index in [2.05, 4.69) is 69.3 Å². The first-order valence-corrected chi connectivity index (χ1v) is 7.28. The molecule has 0 amide bonds. The maximum atomic E-state index is 5.63. The Morgan fingerprint density at radius 2 is 1.95 bits per heavy atom. The minimum absolute atomic E-state index is 0.00920. The predicted molar refractivity (Wildman–Crippen MR) is 87.0 cm³/mol. The molecule has 3 heteroatoms. The van der Waals surface area contributed by atoms with Crippen molar-refractivity contribution >= 4 is 16.7 Å². The van der Waals surface area contributed by atoms with Crippen molar-refractivity contribution in [3.8, 4) is 0 Å². The van der Waals surface area contributed by atoms with Gasteiger partial charge in [-0.05, 0) is 41.5 Å². The Labute approximate surface area is 121 Å². The molecule has 2 rings (SSSR count). The average molecular weight is 271 g/mol. The molecule has 1 heterocycles. The molecule has 20 heavy (non-hydrogen) atoms. The third-order valence-corrected chi connectivity index (χ3v) is 3.96. The van der Waals surface area contributed by atoms with Gasteiger partial charge in [0, 0.05) is 10.9 Å². The Morgan fingerprint density at radius 1 is 1.25 bits per heavy atom. The van der Waals surface area contributed by atoms with Gasteiger partial charge in [-0.15, -0.1) is 0 Å². The Hall–Kier alpha value is -1.61. The number of hydrazine groups is 1. The normalized spacial score (nSPS) is 13.5. The summed E-state index contributed by atoms with van der Waals surface area (Å²) in [6, 6.07) is 8.72. The van der Waals surface area contributed by atoms with Crippen LogP contribution in [0.1, 0.15) is 58.1 Å². The first-order chi connectivity index (χ1) is 9.36. The monoisotopic (exact) mass is 271 g/mol. The van der Waals surface area contributed by atoms with E-state index < -0.39 is 0 Å². The molecule has 1 unspecified atom stereocenters. The highest BCUT2D eigenvalue weighted by Gasteiger charge is 2.20. The number of hydrogen-bond acceptors (Lipinski definition) is 3. The number of anilines is 1. The highest BCUT2D eigenvalue weighted by molar-refractivity contribution is 5.83. The van der Waals surface area contributed by atoms with Gasteiger partial charge in [-0.2, -0.15) is 0 Å². The molecule has 0 fully saturated rings. The van der Waals surface area contributed by atoms with E-state index in [0.717, 1.165) is 23.3 Å². The van der Waals surface area contributed by atoms with Crippen LogP contribution in [0.2, 0.25) is 0 Å². The van der Waals surface area contributed by atoms with E-state index in [1.807, 2.05) is 0 Å². The summed E-state index contributed by atoms with van der Waals surface area (Å²) in [5, 5.41) is 1.19. The van der Waals surface area contributed by atoms with Crippen molar-refractivity contribution in [1.29, 1.82) is 0 Å². The fraction of sp³-hybridized carbons (Fsp3) is 0.471. The molecule has 1 atom stereocenters. The summed E-state index contributed by atoms with van der Waals surface area (Å²) < 4.78 is 0. The number of aromatic nitrogens is 1. The lowest BCUT2D eigenvalue weighted by molar-refractivity contribution is 0.590. The van der Waals surface area contributed by atoms with Crippen molar-refractivity contribution in [1.82, 2.24) is 4.98 Å². The molecule has 0 aliphatic rings. The Bertz CT molecular complexity index is 611. The van der Waals surface area contributed by atoms with E-state index in [-0.39, 0.29) is 5.41 Å². The minimum atomic E-state index is 0.00920. The Kier molecular flexibility index (Phi) is 4.00. The maximum absolute atomic E-state index is 5.63. The summed E-state index contributed by atoms with van der Waals surface area (Å²) >= 11 is 0. The number of nitrogens with one attached hydrogen (secondary N) is 1. The van der Waals surface area contributed by atoms with Gasteiger partial charge in [0.2, 0.25) is 0 Å². The summed E-state index contributed by atoms with van der Waals surface area (Å²) in [7, 11) is 0. The van der Waals surface area contributed by atoms with Crippen LogP contribution in [0, 0.1) is 0 Å². The second kappa shape index (κ2) is 5.41. The van der Waals surface area contributed by atoms with Gasteiger partial charge >= 0.3 is 0 Å². The summed E-state index contributed by atoms with van der Waals surface area (Å²) in [5.74, 6) is 6.96. The molecule has 3 nitrogen and oxygen atoms in total. The third kappa shape index (κ3) is 2.78. The molecule has 108 valence electrons. The fourth-order valence-corrected chi connectivity index (χ4v) is 2.42. The quantitative estimate of drug-likeness (QED) is 0.645. The van der Waals surface area contributed by atoms with E-state index >= 15 is 0 Å². The number of nitrogens with two attached hydrogens (primary N) is 1. The number of pyridine rings is 1. The Morgan fingerprint density at radius 3 is 2.50 bits per heavy atom. The molecule has 0 bridgehead atoms. The zero-order valence-electron chi connectivity index (χ0n) is 13.1. The first kappa shape index (κ1) is 14.8. The lowest BCUT2D eigenvalue weighted by Crippen LogP contribution is -2.19. The van der Waals surface area contributed by atoms with Crippen LogP contribution in [0.3, 0.4) is 0 Å². The van der Waals surface area contributed by atoms with Crippen LogP contribution in [0.5, 0.6) is 0 Å². The summed E-state index contributed by atoms with van der Waals surface area (Å²) in [6.45, 7) is 11.0. The molecule has 0 aliphatic heterocycles. The van der Waals surface area contributed by atoms with Gasteiger partial charge in [0.05, 0.1) is 5.52 Å². The zero-order chi connectivity index (χ0) is 14.9. The molecule has 3 N–H and O–H groups in total. The molecule has 0 saturated heterocycles. The van der Waals surface area contributed by atoms with Gasteiger partial charge in [0.1, 0.15) is 5.82 Å². The van der Waals surface area contributed by atoms with Crippen LogP contribution in [0.25, 0.3) is 10.9 Å². The minimum Gasteiger partial charge on any atom is -0.308 e. The van der Waals surface area contributed by atoms with Crippen molar-refractivity contribution in [3.63, 3.8) is 0 Å². The number of nitrogens with zero attached hydrogens (tertiary/aromatic N) is 1. The maximum Gasteiger partial charge on any atom is 0.144 e. The number of fused-ring (bicyclic) bond motifs is 1. The molecule has 1 aromatic heterocycles.